The van der Waals surface area contributed by atoms with Crippen LogP contribution in [0.1, 0.15) is 40.5 Å². The van der Waals surface area contributed by atoms with E-state index in [1.54, 1.807) is 0 Å². The monoisotopic (exact) mass is 305 g/mol. The Morgan fingerprint density at radius 2 is 1.50 bits per heavy atom. The lowest BCUT2D eigenvalue weighted by Gasteiger charge is -2.27. The highest BCUT2D eigenvalue weighted by Gasteiger charge is 2.56. The molecular weight excluding hydrogens is 270 g/mol. The van der Waals surface area contributed by atoms with Crippen LogP contribution in [-0.2, 0) is 0 Å². The Morgan fingerprint density at radius 1 is 0.864 bits per heavy atom. The van der Waals surface area contributed by atoms with Crippen LogP contribution in [0, 0.1) is 23.2 Å². The predicted molar refractivity (Wildman–Crippen MR) is 92.0 cm³/mol. The lowest BCUT2D eigenvalue weighted by molar-refractivity contribution is 0.197. The van der Waals surface area contributed by atoms with Crippen molar-refractivity contribution in [2.24, 2.45) is 23.2 Å². The number of fused-ring (bicyclic) bond motifs is 1. The highest BCUT2D eigenvalue weighted by atomic mass is 15.2. The first-order chi connectivity index (χ1) is 10.5. The molecule has 1 aliphatic carbocycles. The first kappa shape index (κ1) is 15.4. The highest BCUT2D eigenvalue weighted by molar-refractivity contribution is 5.08. The topological polar surface area (TPSA) is 9.72 Å². The Labute approximate surface area is 137 Å². The van der Waals surface area contributed by atoms with Gasteiger partial charge in [0.2, 0.25) is 0 Å². The maximum absolute atomic E-state index is 2.83. The van der Waals surface area contributed by atoms with Gasteiger partial charge >= 0.3 is 0 Å². The number of rotatable bonds is 4. The summed E-state index contributed by atoms with van der Waals surface area (Å²) in [5.41, 5.74) is 0.651. The average Bonchev–Trinajstić information content (AvgIpc) is 2.94. The lowest BCUT2D eigenvalue weighted by Crippen LogP contribution is -2.35. The van der Waals surface area contributed by atoms with Crippen molar-refractivity contribution >= 4 is 0 Å². The van der Waals surface area contributed by atoms with Crippen molar-refractivity contribution in [1.29, 1.82) is 0 Å². The summed E-state index contributed by atoms with van der Waals surface area (Å²) in [5.74, 6) is 3.11. The summed E-state index contributed by atoms with van der Waals surface area (Å²) in [4.78, 5) is 8.22. The molecule has 0 bridgehead atoms. The predicted octanol–water partition coefficient (Wildman–Crippen LogP) is 2.38. The molecule has 0 amide bonds. The summed E-state index contributed by atoms with van der Waals surface area (Å²) in [6.07, 6.45) is 2.90. The molecular formula is C19H35N3. The molecule has 0 aromatic carbocycles. The molecule has 0 N–H and O–H groups in total. The molecule has 0 radical (unpaired) electrons. The molecule has 3 aliphatic heterocycles. The Bertz CT molecular complexity index is 409. The average molecular weight is 306 g/mol. The standard InChI is InChI=1S/C19H35N3/c1-14(2)21-8-6-19(13-21)5-7-20(12-19)9-16-17-10-22(15(3)4)11-18(16)17/h14-18H,5-13H2,1-4H3. The van der Waals surface area contributed by atoms with Gasteiger partial charge in [-0.25, -0.2) is 0 Å². The number of likely N-dealkylation sites (tertiary alicyclic amines) is 3. The van der Waals surface area contributed by atoms with Gasteiger partial charge in [0.25, 0.3) is 0 Å². The number of hydrogen-bond acceptors (Lipinski definition) is 3. The van der Waals surface area contributed by atoms with Gasteiger partial charge < -0.3 is 14.7 Å². The largest absolute Gasteiger partial charge is 0.302 e. The van der Waals surface area contributed by atoms with Crippen LogP contribution in [-0.4, -0.2) is 72.6 Å². The smallest absolute Gasteiger partial charge is 0.00539 e. The van der Waals surface area contributed by atoms with Crippen LogP contribution in [0.15, 0.2) is 0 Å². The SMILES string of the molecule is CC(C)N1CC2C(CN3CCC4(CCN(C(C)C)C4)C3)C2C1. The molecule has 4 rings (SSSR count). The van der Waals surface area contributed by atoms with Gasteiger partial charge in [-0.3, -0.25) is 0 Å². The molecule has 4 aliphatic rings. The minimum atomic E-state index is 0.651. The first-order valence-electron chi connectivity index (χ1n) is 9.68. The third kappa shape index (κ3) is 2.63. The lowest BCUT2D eigenvalue weighted by atomic mass is 9.86. The van der Waals surface area contributed by atoms with Crippen molar-refractivity contribution in [1.82, 2.24) is 14.7 Å². The van der Waals surface area contributed by atoms with Crippen LogP contribution in [0.3, 0.4) is 0 Å². The van der Waals surface area contributed by atoms with Gasteiger partial charge in [0.05, 0.1) is 0 Å². The number of piperidine rings is 1. The van der Waals surface area contributed by atoms with E-state index in [9.17, 15) is 0 Å². The van der Waals surface area contributed by atoms with Crippen molar-refractivity contribution in [2.45, 2.75) is 52.6 Å². The van der Waals surface area contributed by atoms with Crippen molar-refractivity contribution in [3.63, 3.8) is 0 Å². The molecule has 0 aromatic heterocycles. The van der Waals surface area contributed by atoms with E-state index in [0.29, 0.717) is 5.41 Å². The normalized spacial score (nSPS) is 43.1. The molecule has 0 aromatic rings. The molecule has 3 heteroatoms. The summed E-state index contributed by atoms with van der Waals surface area (Å²) in [6, 6.07) is 1.49. The summed E-state index contributed by atoms with van der Waals surface area (Å²) in [5, 5.41) is 0. The van der Waals surface area contributed by atoms with E-state index in [4.69, 9.17) is 0 Å². The van der Waals surface area contributed by atoms with Crippen molar-refractivity contribution in [2.75, 3.05) is 45.8 Å². The second kappa shape index (κ2) is 5.46. The van der Waals surface area contributed by atoms with Gasteiger partial charge in [0, 0.05) is 44.8 Å². The fourth-order valence-electron chi connectivity index (χ4n) is 5.60. The summed E-state index contributed by atoms with van der Waals surface area (Å²) < 4.78 is 0. The Morgan fingerprint density at radius 3 is 2.09 bits per heavy atom. The van der Waals surface area contributed by atoms with Crippen LogP contribution in [0.5, 0.6) is 0 Å². The van der Waals surface area contributed by atoms with Crippen LogP contribution < -0.4 is 0 Å². The number of hydrogen-bond donors (Lipinski definition) is 0. The van der Waals surface area contributed by atoms with E-state index in [0.717, 1.165) is 29.8 Å². The maximum atomic E-state index is 2.83. The van der Waals surface area contributed by atoms with Crippen LogP contribution >= 0.6 is 0 Å². The van der Waals surface area contributed by atoms with Crippen LogP contribution in [0.4, 0.5) is 0 Å². The second-order valence-electron chi connectivity index (χ2n) is 9.34. The molecule has 4 fully saturated rings. The van der Waals surface area contributed by atoms with Gasteiger partial charge in [-0.2, -0.15) is 0 Å². The number of nitrogens with zero attached hydrogens (tertiary/aromatic N) is 3. The van der Waals surface area contributed by atoms with Gasteiger partial charge in [0.15, 0.2) is 0 Å². The van der Waals surface area contributed by atoms with Gasteiger partial charge in [-0.1, -0.05) is 0 Å². The zero-order valence-electron chi connectivity index (χ0n) is 15.1. The van der Waals surface area contributed by atoms with E-state index < -0.39 is 0 Å². The van der Waals surface area contributed by atoms with E-state index in [1.807, 2.05) is 0 Å². The molecule has 3 atom stereocenters. The van der Waals surface area contributed by atoms with Crippen LogP contribution in [0.2, 0.25) is 0 Å². The van der Waals surface area contributed by atoms with Crippen molar-refractivity contribution < 1.29 is 0 Å². The van der Waals surface area contributed by atoms with Crippen LogP contribution in [0.25, 0.3) is 0 Å². The van der Waals surface area contributed by atoms with E-state index in [2.05, 4.69) is 42.4 Å². The molecule has 1 spiro atoms. The van der Waals surface area contributed by atoms with Crippen molar-refractivity contribution in [3.05, 3.63) is 0 Å². The summed E-state index contributed by atoms with van der Waals surface area (Å²) in [6.45, 7) is 19.1. The Hall–Kier alpha value is -0.120. The summed E-state index contributed by atoms with van der Waals surface area (Å²) in [7, 11) is 0. The molecule has 22 heavy (non-hydrogen) atoms. The zero-order valence-corrected chi connectivity index (χ0v) is 15.1. The van der Waals surface area contributed by atoms with Gasteiger partial charge in [-0.05, 0) is 76.8 Å². The highest BCUT2D eigenvalue weighted by Crippen LogP contribution is 2.53. The fraction of sp³-hybridized carbons (Fsp3) is 1.00. The van der Waals surface area contributed by atoms with Gasteiger partial charge in [0.1, 0.15) is 0 Å². The Balaban J connectivity index is 1.26. The van der Waals surface area contributed by atoms with E-state index in [1.165, 1.54) is 58.7 Å². The minimum Gasteiger partial charge on any atom is -0.302 e. The molecule has 3 nitrogen and oxygen atoms in total. The van der Waals surface area contributed by atoms with Gasteiger partial charge in [-0.15, -0.1) is 0 Å². The van der Waals surface area contributed by atoms with E-state index in [-0.39, 0.29) is 0 Å². The maximum Gasteiger partial charge on any atom is 0.00539 e. The molecule has 3 heterocycles. The third-order valence-electron chi connectivity index (χ3n) is 7.31. The first-order valence-corrected chi connectivity index (χ1v) is 9.68. The fourth-order valence-corrected chi connectivity index (χ4v) is 5.60. The summed E-state index contributed by atoms with van der Waals surface area (Å²) >= 11 is 0. The quantitative estimate of drug-likeness (QED) is 0.789. The molecule has 1 saturated carbocycles. The Kier molecular flexibility index (Phi) is 3.82. The minimum absolute atomic E-state index is 0.651. The molecule has 3 saturated heterocycles. The van der Waals surface area contributed by atoms with Crippen molar-refractivity contribution in [3.8, 4) is 0 Å². The third-order valence-corrected chi connectivity index (χ3v) is 7.31. The second-order valence-corrected chi connectivity index (χ2v) is 9.34. The molecule has 3 unspecified atom stereocenters. The zero-order chi connectivity index (χ0) is 15.5. The molecule has 126 valence electrons. The van der Waals surface area contributed by atoms with E-state index >= 15 is 0 Å².